The van der Waals surface area contributed by atoms with Crippen LogP contribution in [0.15, 0.2) is 42.0 Å². The number of hydrogen-bond acceptors (Lipinski definition) is 7. The summed E-state index contributed by atoms with van der Waals surface area (Å²) in [4.78, 5) is 27.0. The van der Waals surface area contributed by atoms with E-state index in [0.29, 0.717) is 40.7 Å². The fourth-order valence-electron chi connectivity index (χ4n) is 2.90. The highest BCUT2D eigenvalue weighted by Gasteiger charge is 2.27. The molecule has 1 aliphatic carbocycles. The number of anilines is 2. The third kappa shape index (κ3) is 3.85. The first kappa shape index (κ1) is 18.5. The van der Waals surface area contributed by atoms with Gasteiger partial charge in [-0.25, -0.2) is 19.3 Å². The van der Waals surface area contributed by atoms with Crippen LogP contribution >= 0.6 is 11.3 Å². The number of halogens is 1. The van der Waals surface area contributed by atoms with Crippen LogP contribution < -0.4 is 10.2 Å². The zero-order valence-electron chi connectivity index (χ0n) is 15.0. The number of hydrogen-bond donors (Lipinski definition) is 2. The lowest BCUT2D eigenvalue weighted by atomic mass is 9.89. The van der Waals surface area contributed by atoms with Crippen LogP contribution in [0.4, 0.5) is 15.3 Å². The smallest absolute Gasteiger partial charge is 0.259 e. The van der Waals surface area contributed by atoms with Crippen molar-refractivity contribution in [3.8, 4) is 11.4 Å². The van der Waals surface area contributed by atoms with Crippen molar-refractivity contribution in [2.24, 2.45) is 0 Å². The second-order valence-corrected chi connectivity index (χ2v) is 7.48. The summed E-state index contributed by atoms with van der Waals surface area (Å²) in [6.07, 6.45) is 2.63. The molecule has 2 aromatic heterocycles. The minimum Gasteiger partial charge on any atom is -0.393 e. The molecule has 0 radical (unpaired) electrons. The van der Waals surface area contributed by atoms with Crippen LogP contribution in [-0.4, -0.2) is 45.2 Å². The lowest BCUT2D eigenvalue weighted by Crippen LogP contribution is -2.39. The molecule has 0 aliphatic heterocycles. The number of carbonyl (C=O) groups excluding carboxylic acids is 1. The van der Waals surface area contributed by atoms with Crippen LogP contribution in [0, 0.1) is 5.82 Å². The fourth-order valence-corrected chi connectivity index (χ4v) is 3.68. The van der Waals surface area contributed by atoms with E-state index in [-0.39, 0.29) is 23.9 Å². The van der Waals surface area contributed by atoms with Crippen LogP contribution in [0.2, 0.25) is 0 Å². The molecule has 28 heavy (non-hydrogen) atoms. The van der Waals surface area contributed by atoms with Crippen molar-refractivity contribution in [3.05, 3.63) is 53.4 Å². The molecule has 1 fully saturated rings. The summed E-state index contributed by atoms with van der Waals surface area (Å²) in [7, 11) is 1.63. The predicted molar refractivity (Wildman–Crippen MR) is 105 cm³/mol. The van der Waals surface area contributed by atoms with E-state index in [9.17, 15) is 14.3 Å². The Bertz CT molecular complexity index is 988. The van der Waals surface area contributed by atoms with Crippen LogP contribution in [0.1, 0.15) is 23.2 Å². The Balaban J connectivity index is 1.49. The third-order valence-electron chi connectivity index (χ3n) is 4.57. The van der Waals surface area contributed by atoms with E-state index in [4.69, 9.17) is 0 Å². The number of benzene rings is 1. The zero-order chi connectivity index (χ0) is 19.7. The van der Waals surface area contributed by atoms with Crippen molar-refractivity contribution in [1.82, 2.24) is 15.0 Å². The molecule has 2 N–H and O–H groups in total. The van der Waals surface area contributed by atoms with Gasteiger partial charge in [0.25, 0.3) is 5.91 Å². The summed E-state index contributed by atoms with van der Waals surface area (Å²) in [6, 6.07) is 7.41. The van der Waals surface area contributed by atoms with Crippen molar-refractivity contribution in [2.75, 3.05) is 17.3 Å². The molecule has 0 saturated heterocycles. The lowest BCUT2D eigenvalue weighted by Gasteiger charge is -2.32. The van der Waals surface area contributed by atoms with Gasteiger partial charge in [-0.3, -0.25) is 9.69 Å². The second-order valence-electron chi connectivity index (χ2n) is 6.64. The molecule has 7 nitrogen and oxygen atoms in total. The molecule has 3 aromatic rings. The van der Waals surface area contributed by atoms with E-state index in [1.165, 1.54) is 46.8 Å². The normalized spacial score (nSPS) is 18.4. The number of thiazole rings is 1. The number of aliphatic hydroxyl groups is 1. The Morgan fingerprint density at radius 3 is 2.71 bits per heavy atom. The highest BCUT2D eigenvalue weighted by atomic mass is 32.1. The maximum absolute atomic E-state index is 13.1. The Hall–Kier alpha value is -2.91. The first-order valence-corrected chi connectivity index (χ1v) is 9.64. The number of rotatable bonds is 5. The van der Waals surface area contributed by atoms with E-state index in [0.717, 1.165) is 0 Å². The van der Waals surface area contributed by atoms with Crippen LogP contribution in [0.25, 0.3) is 11.4 Å². The molecule has 1 saturated carbocycles. The quantitative estimate of drug-likeness (QED) is 0.685. The van der Waals surface area contributed by atoms with E-state index in [1.54, 1.807) is 13.1 Å². The van der Waals surface area contributed by atoms with Gasteiger partial charge in [-0.1, -0.05) is 0 Å². The van der Waals surface area contributed by atoms with Gasteiger partial charge in [0, 0.05) is 30.1 Å². The maximum atomic E-state index is 13.1. The average molecular weight is 399 g/mol. The Labute approximate surface area is 164 Å². The van der Waals surface area contributed by atoms with Gasteiger partial charge < -0.3 is 10.4 Å². The highest BCUT2D eigenvalue weighted by molar-refractivity contribution is 7.14. The average Bonchev–Trinajstić information content (AvgIpc) is 3.17. The van der Waals surface area contributed by atoms with Gasteiger partial charge in [-0.15, -0.1) is 11.3 Å². The van der Waals surface area contributed by atoms with Gasteiger partial charge in [0.15, 0.2) is 5.13 Å². The summed E-state index contributed by atoms with van der Waals surface area (Å²) in [5.74, 6) is 0.0157. The van der Waals surface area contributed by atoms with Crippen molar-refractivity contribution in [3.63, 3.8) is 0 Å². The Kier molecular flexibility index (Phi) is 5.01. The van der Waals surface area contributed by atoms with Gasteiger partial charge in [-0.2, -0.15) is 0 Å². The first-order chi connectivity index (χ1) is 13.5. The number of carbonyl (C=O) groups is 1. The Morgan fingerprint density at radius 2 is 2.00 bits per heavy atom. The lowest BCUT2D eigenvalue weighted by molar-refractivity contribution is 0.0835. The molecular weight excluding hydrogens is 381 g/mol. The van der Waals surface area contributed by atoms with Crippen molar-refractivity contribution in [2.45, 2.75) is 25.0 Å². The molecule has 9 heteroatoms. The first-order valence-electron chi connectivity index (χ1n) is 8.76. The molecule has 0 spiro atoms. The van der Waals surface area contributed by atoms with Crippen molar-refractivity contribution < 1.29 is 14.3 Å². The molecule has 1 aromatic carbocycles. The van der Waals surface area contributed by atoms with Gasteiger partial charge in [-0.05, 0) is 37.1 Å². The Morgan fingerprint density at radius 1 is 1.25 bits per heavy atom. The van der Waals surface area contributed by atoms with Gasteiger partial charge in [0.05, 0.1) is 11.8 Å². The largest absolute Gasteiger partial charge is 0.393 e. The van der Waals surface area contributed by atoms with Gasteiger partial charge >= 0.3 is 0 Å². The summed E-state index contributed by atoms with van der Waals surface area (Å²) in [5.41, 5.74) is 1.66. The van der Waals surface area contributed by atoms with Gasteiger partial charge in [0.1, 0.15) is 23.7 Å². The molecule has 4 rings (SSSR count). The SMILES string of the molecule is CN(C(=O)c1ccc(F)cc1)c1nc(-c2cc(NC3CC(O)C3)ncn2)cs1. The molecule has 0 unspecified atom stereocenters. The van der Waals surface area contributed by atoms with Crippen LogP contribution in [-0.2, 0) is 0 Å². The number of nitrogens with one attached hydrogen (secondary N) is 1. The van der Waals surface area contributed by atoms with Crippen molar-refractivity contribution >= 4 is 28.2 Å². The summed E-state index contributed by atoms with van der Waals surface area (Å²) in [5, 5.41) is 15.0. The van der Waals surface area contributed by atoms with Crippen LogP contribution in [0.5, 0.6) is 0 Å². The second kappa shape index (κ2) is 7.61. The third-order valence-corrected chi connectivity index (χ3v) is 5.49. The molecule has 0 bridgehead atoms. The fraction of sp³-hybridized carbons (Fsp3) is 0.263. The highest BCUT2D eigenvalue weighted by Crippen LogP contribution is 2.28. The van der Waals surface area contributed by atoms with Crippen molar-refractivity contribution in [1.29, 1.82) is 0 Å². The van der Waals surface area contributed by atoms with E-state index in [1.807, 2.05) is 5.38 Å². The minimum absolute atomic E-state index is 0.211. The maximum Gasteiger partial charge on any atom is 0.259 e. The van der Waals surface area contributed by atoms with Gasteiger partial charge in [0.2, 0.25) is 0 Å². The minimum atomic E-state index is -0.389. The van der Waals surface area contributed by atoms with E-state index < -0.39 is 0 Å². The predicted octanol–water partition coefficient (Wildman–Crippen LogP) is 2.95. The number of nitrogens with zero attached hydrogens (tertiary/aromatic N) is 4. The van der Waals surface area contributed by atoms with E-state index >= 15 is 0 Å². The molecular formula is C19H18FN5O2S. The number of aromatic nitrogens is 3. The monoisotopic (exact) mass is 399 g/mol. The van der Waals surface area contributed by atoms with E-state index in [2.05, 4.69) is 20.3 Å². The topological polar surface area (TPSA) is 91.2 Å². The standard InChI is InChI=1S/C19H18FN5O2S/c1-25(18(27)11-2-4-12(20)5-3-11)19-24-16(9-28-19)15-8-17(22-10-21-15)23-13-6-14(26)7-13/h2-5,8-10,13-14,26H,6-7H2,1H3,(H,21,22,23). The molecule has 2 heterocycles. The number of amides is 1. The summed E-state index contributed by atoms with van der Waals surface area (Å²) < 4.78 is 13.1. The number of aliphatic hydroxyl groups excluding tert-OH is 1. The zero-order valence-corrected chi connectivity index (χ0v) is 15.9. The molecule has 0 atom stereocenters. The van der Waals surface area contributed by atoms with Crippen LogP contribution in [0.3, 0.4) is 0 Å². The summed E-state index contributed by atoms with van der Waals surface area (Å²) >= 11 is 1.32. The summed E-state index contributed by atoms with van der Waals surface area (Å²) in [6.45, 7) is 0. The molecule has 1 amide bonds. The molecule has 144 valence electrons. The molecule has 1 aliphatic rings.